The van der Waals surface area contributed by atoms with Crippen LogP contribution in [0.5, 0.6) is 0 Å². The Bertz CT molecular complexity index is 306. The van der Waals surface area contributed by atoms with Gasteiger partial charge >= 0.3 is 0 Å². The molecule has 0 bridgehead atoms. The summed E-state index contributed by atoms with van der Waals surface area (Å²) in [5.74, 6) is 0. The van der Waals surface area contributed by atoms with E-state index in [0.29, 0.717) is 12.1 Å². The zero-order valence-electron chi connectivity index (χ0n) is 11.1. The number of hydrogen-bond acceptors (Lipinski definition) is 1. The summed E-state index contributed by atoms with van der Waals surface area (Å²) in [7, 11) is 0. The maximum Gasteiger partial charge on any atom is 0.00443 e. The molecule has 0 saturated heterocycles. The van der Waals surface area contributed by atoms with Crippen LogP contribution in [0.15, 0.2) is 24.3 Å². The summed E-state index contributed by atoms with van der Waals surface area (Å²) in [4.78, 5) is 0. The Balaban J connectivity index is 2.34. The lowest BCUT2D eigenvalue weighted by molar-refractivity contribution is 0.438. The number of rotatable bonds is 6. The molecule has 1 rings (SSSR count). The maximum absolute atomic E-state index is 3.61. The second-order valence-corrected chi connectivity index (χ2v) is 4.90. The number of aryl methyl sites for hydroxylation is 2. The first-order valence-electron chi connectivity index (χ1n) is 6.43. The normalized spacial score (nSPS) is 14.8. The third-order valence-corrected chi connectivity index (χ3v) is 3.13. The molecule has 2 unspecified atom stereocenters. The fourth-order valence-corrected chi connectivity index (χ4v) is 1.94. The molecule has 0 aliphatic rings. The first-order chi connectivity index (χ1) is 7.61. The molecule has 0 saturated carbocycles. The van der Waals surface area contributed by atoms with Gasteiger partial charge in [-0.05, 0) is 45.6 Å². The highest BCUT2D eigenvalue weighted by Gasteiger charge is 2.05. The maximum atomic E-state index is 3.61. The number of nitrogens with one attached hydrogen (secondary N) is 1. The Morgan fingerprint density at radius 2 is 1.94 bits per heavy atom. The zero-order chi connectivity index (χ0) is 12.0. The fraction of sp³-hybridized carbons (Fsp3) is 0.600. The molecule has 0 radical (unpaired) electrons. The highest BCUT2D eigenvalue weighted by molar-refractivity contribution is 5.22. The van der Waals surface area contributed by atoms with Crippen molar-refractivity contribution in [3.05, 3.63) is 35.4 Å². The summed E-state index contributed by atoms with van der Waals surface area (Å²) >= 11 is 0. The lowest BCUT2D eigenvalue weighted by atomic mass is 10.0. The van der Waals surface area contributed by atoms with Crippen molar-refractivity contribution in [2.24, 2.45) is 0 Å². The van der Waals surface area contributed by atoms with Gasteiger partial charge in [-0.2, -0.15) is 0 Å². The molecule has 0 aromatic heterocycles. The summed E-state index contributed by atoms with van der Waals surface area (Å²) in [5, 5.41) is 3.61. The van der Waals surface area contributed by atoms with Crippen LogP contribution >= 0.6 is 0 Å². The van der Waals surface area contributed by atoms with E-state index >= 15 is 0 Å². The van der Waals surface area contributed by atoms with E-state index in [9.17, 15) is 0 Å². The molecule has 1 nitrogen and oxygen atoms in total. The Morgan fingerprint density at radius 3 is 2.56 bits per heavy atom. The van der Waals surface area contributed by atoms with Crippen LogP contribution in [-0.4, -0.2) is 12.1 Å². The van der Waals surface area contributed by atoms with E-state index in [2.05, 4.69) is 57.3 Å². The zero-order valence-corrected chi connectivity index (χ0v) is 11.1. The van der Waals surface area contributed by atoms with Crippen molar-refractivity contribution in [3.63, 3.8) is 0 Å². The highest BCUT2D eigenvalue weighted by Crippen LogP contribution is 2.08. The van der Waals surface area contributed by atoms with Crippen molar-refractivity contribution in [1.82, 2.24) is 5.32 Å². The van der Waals surface area contributed by atoms with Gasteiger partial charge in [0.15, 0.2) is 0 Å². The summed E-state index contributed by atoms with van der Waals surface area (Å²) in [6.45, 7) is 8.92. The molecule has 0 heterocycles. The SMILES string of the molecule is CCC(C)NC(C)CCc1cccc(C)c1. The van der Waals surface area contributed by atoms with E-state index in [1.54, 1.807) is 0 Å². The Labute approximate surface area is 100 Å². The number of benzene rings is 1. The summed E-state index contributed by atoms with van der Waals surface area (Å²) < 4.78 is 0. The summed E-state index contributed by atoms with van der Waals surface area (Å²) in [5.41, 5.74) is 2.82. The molecule has 0 spiro atoms. The van der Waals surface area contributed by atoms with Gasteiger partial charge in [-0.1, -0.05) is 36.8 Å². The van der Waals surface area contributed by atoms with Crippen LogP contribution in [0.1, 0.15) is 44.7 Å². The predicted molar refractivity (Wildman–Crippen MR) is 71.9 cm³/mol. The van der Waals surface area contributed by atoms with Crippen molar-refractivity contribution in [2.45, 2.75) is 59.0 Å². The largest absolute Gasteiger partial charge is 0.312 e. The van der Waals surface area contributed by atoms with Crippen molar-refractivity contribution in [2.75, 3.05) is 0 Å². The molecule has 0 aliphatic carbocycles. The predicted octanol–water partition coefficient (Wildman–Crippen LogP) is 3.70. The van der Waals surface area contributed by atoms with Crippen molar-refractivity contribution in [1.29, 1.82) is 0 Å². The molecular weight excluding hydrogens is 194 g/mol. The summed E-state index contributed by atoms with van der Waals surface area (Å²) in [6, 6.07) is 10.1. The van der Waals surface area contributed by atoms with Crippen molar-refractivity contribution in [3.8, 4) is 0 Å². The van der Waals surface area contributed by atoms with Crippen LogP contribution in [0.3, 0.4) is 0 Å². The third kappa shape index (κ3) is 4.80. The molecule has 2 atom stereocenters. The van der Waals surface area contributed by atoms with E-state index < -0.39 is 0 Å². The topological polar surface area (TPSA) is 12.0 Å². The molecule has 0 amide bonds. The first-order valence-corrected chi connectivity index (χ1v) is 6.43. The molecular formula is C15H25N. The van der Waals surface area contributed by atoms with Crippen LogP contribution in [0.2, 0.25) is 0 Å². The van der Waals surface area contributed by atoms with Crippen LogP contribution in [0.25, 0.3) is 0 Å². The first kappa shape index (κ1) is 13.2. The van der Waals surface area contributed by atoms with Gasteiger partial charge in [0.05, 0.1) is 0 Å². The van der Waals surface area contributed by atoms with E-state index in [1.807, 2.05) is 0 Å². The average Bonchev–Trinajstić information content (AvgIpc) is 2.26. The molecule has 1 heteroatoms. The molecule has 1 aromatic rings. The standard InChI is InChI=1S/C15H25N/c1-5-13(3)16-14(4)9-10-15-8-6-7-12(2)11-15/h6-8,11,13-14,16H,5,9-10H2,1-4H3. The van der Waals surface area contributed by atoms with Gasteiger partial charge in [0.25, 0.3) is 0 Å². The molecule has 1 N–H and O–H groups in total. The van der Waals surface area contributed by atoms with Gasteiger partial charge in [-0.3, -0.25) is 0 Å². The molecule has 0 fully saturated rings. The van der Waals surface area contributed by atoms with Crippen LogP contribution < -0.4 is 5.32 Å². The minimum atomic E-state index is 0.607. The second kappa shape index (κ2) is 6.70. The molecule has 1 aromatic carbocycles. The lowest BCUT2D eigenvalue weighted by Crippen LogP contribution is -2.34. The highest BCUT2D eigenvalue weighted by atomic mass is 14.9. The molecule has 16 heavy (non-hydrogen) atoms. The van der Waals surface area contributed by atoms with Gasteiger partial charge in [0.2, 0.25) is 0 Å². The van der Waals surface area contributed by atoms with E-state index in [1.165, 1.54) is 30.4 Å². The Hall–Kier alpha value is -0.820. The van der Waals surface area contributed by atoms with Gasteiger partial charge in [0.1, 0.15) is 0 Å². The van der Waals surface area contributed by atoms with E-state index in [4.69, 9.17) is 0 Å². The molecule has 0 aliphatic heterocycles. The summed E-state index contributed by atoms with van der Waals surface area (Å²) in [6.07, 6.45) is 3.59. The minimum absolute atomic E-state index is 0.607. The fourth-order valence-electron chi connectivity index (χ4n) is 1.94. The van der Waals surface area contributed by atoms with Crippen LogP contribution in [0.4, 0.5) is 0 Å². The molecule has 90 valence electrons. The quantitative estimate of drug-likeness (QED) is 0.769. The van der Waals surface area contributed by atoms with E-state index in [-0.39, 0.29) is 0 Å². The van der Waals surface area contributed by atoms with Gasteiger partial charge < -0.3 is 5.32 Å². The Morgan fingerprint density at radius 1 is 1.19 bits per heavy atom. The van der Waals surface area contributed by atoms with Gasteiger partial charge in [0, 0.05) is 12.1 Å². The Kier molecular flexibility index (Phi) is 5.54. The van der Waals surface area contributed by atoms with Crippen molar-refractivity contribution < 1.29 is 0 Å². The van der Waals surface area contributed by atoms with Crippen LogP contribution in [0, 0.1) is 6.92 Å². The second-order valence-electron chi connectivity index (χ2n) is 4.90. The van der Waals surface area contributed by atoms with E-state index in [0.717, 1.165) is 0 Å². The van der Waals surface area contributed by atoms with Crippen molar-refractivity contribution >= 4 is 0 Å². The van der Waals surface area contributed by atoms with Crippen LogP contribution in [-0.2, 0) is 6.42 Å². The average molecular weight is 219 g/mol. The third-order valence-electron chi connectivity index (χ3n) is 3.13. The lowest BCUT2D eigenvalue weighted by Gasteiger charge is -2.18. The van der Waals surface area contributed by atoms with Gasteiger partial charge in [-0.25, -0.2) is 0 Å². The van der Waals surface area contributed by atoms with Gasteiger partial charge in [-0.15, -0.1) is 0 Å². The smallest absolute Gasteiger partial charge is 0.00443 e. The minimum Gasteiger partial charge on any atom is -0.312 e. The number of hydrogen-bond donors (Lipinski definition) is 1. The monoisotopic (exact) mass is 219 g/mol.